The second-order valence-electron chi connectivity index (χ2n) is 15.1. The molecule has 0 aromatic carbocycles. The molecule has 0 amide bonds. The van der Waals surface area contributed by atoms with E-state index in [0.717, 1.165) is 18.3 Å². The van der Waals surface area contributed by atoms with Gasteiger partial charge in [0.15, 0.2) is 0 Å². The van der Waals surface area contributed by atoms with Crippen molar-refractivity contribution < 1.29 is 9.53 Å². The molecule has 0 bridgehead atoms. The highest BCUT2D eigenvalue weighted by atomic mass is 16.6. The van der Waals surface area contributed by atoms with Crippen LogP contribution in [-0.2, 0) is 9.53 Å². The molecule has 6 aliphatic rings. The summed E-state index contributed by atoms with van der Waals surface area (Å²) in [6.07, 6.45) is 14.7. The normalized spacial score (nSPS) is 60.5. The van der Waals surface area contributed by atoms with Gasteiger partial charge in [-0.2, -0.15) is 0 Å². The summed E-state index contributed by atoms with van der Waals surface area (Å²) in [5.74, 6) is 3.11. The summed E-state index contributed by atoms with van der Waals surface area (Å²) >= 11 is 0. The first kappa shape index (κ1) is 22.0. The van der Waals surface area contributed by atoms with Crippen LogP contribution >= 0.6 is 0 Å². The maximum absolute atomic E-state index is 12.7. The van der Waals surface area contributed by atoms with E-state index in [1.807, 2.05) is 0 Å². The Labute approximate surface area is 197 Å². The monoisotopic (exact) mass is 440 g/mol. The lowest BCUT2D eigenvalue weighted by molar-refractivity contribution is -0.266. The molecule has 1 saturated heterocycles. The van der Waals surface area contributed by atoms with Crippen molar-refractivity contribution in [3.05, 3.63) is 0 Å². The second-order valence-corrected chi connectivity index (χ2v) is 15.1. The quantitative estimate of drug-likeness (QED) is 0.359. The van der Waals surface area contributed by atoms with E-state index in [9.17, 15) is 4.79 Å². The highest BCUT2D eigenvalue weighted by molar-refractivity contribution is 5.76. The maximum Gasteiger partial charge on any atom is 0.309 e. The fourth-order valence-corrected chi connectivity index (χ4v) is 12.6. The van der Waals surface area contributed by atoms with E-state index in [4.69, 9.17) is 4.74 Å². The Morgan fingerprint density at radius 2 is 1.34 bits per heavy atom. The van der Waals surface area contributed by atoms with Crippen LogP contribution in [0.1, 0.15) is 119 Å². The zero-order valence-electron chi connectivity index (χ0n) is 22.0. The Morgan fingerprint density at radius 3 is 2.09 bits per heavy atom. The fourth-order valence-electron chi connectivity index (χ4n) is 12.6. The van der Waals surface area contributed by atoms with Gasteiger partial charge in [-0.3, -0.25) is 4.79 Å². The number of hydrogen-bond acceptors (Lipinski definition) is 2. The zero-order valence-corrected chi connectivity index (χ0v) is 22.0. The number of esters is 1. The van der Waals surface area contributed by atoms with Crippen molar-refractivity contribution in [3.8, 4) is 0 Å². The van der Waals surface area contributed by atoms with Crippen molar-refractivity contribution in [3.63, 3.8) is 0 Å². The van der Waals surface area contributed by atoms with Gasteiger partial charge in [-0.1, -0.05) is 54.9 Å². The van der Waals surface area contributed by atoms with Crippen molar-refractivity contribution in [2.75, 3.05) is 0 Å². The smallest absolute Gasteiger partial charge is 0.309 e. The van der Waals surface area contributed by atoms with Crippen LogP contribution in [-0.4, -0.2) is 11.6 Å². The maximum atomic E-state index is 12.7. The molecule has 0 radical (unpaired) electrons. The predicted molar refractivity (Wildman–Crippen MR) is 129 cm³/mol. The summed E-state index contributed by atoms with van der Waals surface area (Å²) in [5.41, 5.74) is 1.81. The van der Waals surface area contributed by atoms with E-state index in [1.165, 1.54) is 64.2 Å². The summed E-state index contributed by atoms with van der Waals surface area (Å²) in [4.78, 5) is 12.7. The van der Waals surface area contributed by atoms with Gasteiger partial charge in [0.25, 0.3) is 0 Å². The van der Waals surface area contributed by atoms with Gasteiger partial charge in [0, 0.05) is 11.3 Å². The number of carbonyl (C=O) groups excluding carboxylic acids is 1. The lowest BCUT2D eigenvalue weighted by Gasteiger charge is -2.73. The summed E-state index contributed by atoms with van der Waals surface area (Å²) < 4.78 is 6.45. The van der Waals surface area contributed by atoms with Crippen LogP contribution in [0.5, 0.6) is 0 Å². The van der Waals surface area contributed by atoms with Crippen LogP contribution in [0.2, 0.25) is 0 Å². The highest BCUT2D eigenvalue weighted by Gasteiger charge is 2.76. The zero-order chi connectivity index (χ0) is 22.9. The Bertz CT molecular complexity index is 846. The van der Waals surface area contributed by atoms with E-state index in [0.29, 0.717) is 33.5 Å². The minimum atomic E-state index is -0.162. The third-order valence-corrected chi connectivity index (χ3v) is 14.2. The minimum absolute atomic E-state index is 0.0990. The Kier molecular flexibility index (Phi) is 4.24. The summed E-state index contributed by atoms with van der Waals surface area (Å²) in [6.45, 7) is 18.0. The molecule has 6 rings (SSSR count). The molecule has 2 nitrogen and oxygen atoms in total. The first-order valence-electron chi connectivity index (χ1n) is 14.1. The van der Waals surface area contributed by atoms with E-state index < -0.39 is 0 Å². The average Bonchev–Trinajstić information content (AvgIpc) is 3.13. The Hall–Kier alpha value is -0.530. The van der Waals surface area contributed by atoms with Gasteiger partial charge in [0.1, 0.15) is 5.60 Å². The number of fused-ring (bicyclic) bond motifs is 6. The molecular formula is C30H48O2. The number of hydrogen-bond donors (Lipinski definition) is 0. The average molecular weight is 441 g/mol. The highest BCUT2D eigenvalue weighted by Crippen LogP contribution is 2.79. The molecule has 2 heteroatoms. The van der Waals surface area contributed by atoms with Gasteiger partial charge < -0.3 is 4.74 Å². The molecule has 10 unspecified atom stereocenters. The summed E-state index contributed by atoms with van der Waals surface area (Å²) in [5, 5.41) is 0. The van der Waals surface area contributed by atoms with Gasteiger partial charge in [-0.15, -0.1) is 0 Å². The van der Waals surface area contributed by atoms with Crippen LogP contribution in [0.4, 0.5) is 0 Å². The molecule has 5 aliphatic carbocycles. The minimum Gasteiger partial charge on any atom is -0.458 e. The third-order valence-electron chi connectivity index (χ3n) is 14.2. The summed E-state index contributed by atoms with van der Waals surface area (Å²) in [6, 6.07) is 0. The van der Waals surface area contributed by atoms with Gasteiger partial charge >= 0.3 is 5.97 Å². The standard InChI is InChI=1S/C30H48O2/c1-19-20-11-15-29(7)23-10-9-22-26(4)14-8-13-25(2,3)21(26)12-16-27(22,5)28(23,6)17-18-30(20,29)32-24(19)31/h19-23H,8-18H2,1-7H3. The van der Waals surface area contributed by atoms with Gasteiger partial charge in [0.2, 0.25) is 0 Å². The summed E-state index contributed by atoms with van der Waals surface area (Å²) in [7, 11) is 0. The largest absolute Gasteiger partial charge is 0.458 e. The number of carbonyl (C=O) groups is 1. The van der Waals surface area contributed by atoms with Gasteiger partial charge in [-0.25, -0.2) is 0 Å². The fraction of sp³-hybridized carbons (Fsp3) is 0.967. The van der Waals surface area contributed by atoms with Crippen LogP contribution in [0.15, 0.2) is 0 Å². The molecule has 0 aromatic heterocycles. The first-order chi connectivity index (χ1) is 14.9. The van der Waals surface area contributed by atoms with Crippen molar-refractivity contribution in [2.45, 2.75) is 125 Å². The van der Waals surface area contributed by atoms with Crippen LogP contribution < -0.4 is 0 Å². The van der Waals surface area contributed by atoms with Crippen molar-refractivity contribution in [1.82, 2.24) is 0 Å². The molecule has 1 aliphatic heterocycles. The molecule has 0 N–H and O–H groups in total. The van der Waals surface area contributed by atoms with E-state index in [2.05, 4.69) is 48.5 Å². The first-order valence-corrected chi connectivity index (χ1v) is 14.1. The van der Waals surface area contributed by atoms with Crippen LogP contribution in [0.3, 0.4) is 0 Å². The number of rotatable bonds is 0. The molecule has 180 valence electrons. The van der Waals surface area contributed by atoms with Crippen LogP contribution in [0.25, 0.3) is 0 Å². The second kappa shape index (κ2) is 6.17. The van der Waals surface area contributed by atoms with Crippen molar-refractivity contribution in [2.24, 2.45) is 56.7 Å². The lowest BCUT2D eigenvalue weighted by atomic mass is 9.31. The molecule has 0 aromatic rings. The topological polar surface area (TPSA) is 26.3 Å². The lowest BCUT2D eigenvalue weighted by Crippen LogP contribution is -2.68. The van der Waals surface area contributed by atoms with Crippen LogP contribution in [0, 0.1) is 56.7 Å². The van der Waals surface area contributed by atoms with E-state index in [-0.39, 0.29) is 22.9 Å². The molecular weight excluding hydrogens is 392 g/mol. The SMILES string of the molecule is CC1C(=O)OC23CCC4(C)C(CCC5C6(C)CCCC(C)(C)C6CCC54C)C2(C)CCC13. The van der Waals surface area contributed by atoms with E-state index in [1.54, 1.807) is 0 Å². The van der Waals surface area contributed by atoms with Gasteiger partial charge in [0.05, 0.1) is 5.92 Å². The predicted octanol–water partition coefficient (Wildman–Crippen LogP) is 7.79. The molecule has 5 saturated carbocycles. The molecule has 1 heterocycles. The molecule has 1 spiro atoms. The van der Waals surface area contributed by atoms with Crippen molar-refractivity contribution in [1.29, 1.82) is 0 Å². The Morgan fingerprint density at radius 1 is 0.688 bits per heavy atom. The van der Waals surface area contributed by atoms with Gasteiger partial charge in [-0.05, 0) is 104 Å². The number of ether oxygens (including phenoxy) is 1. The molecule has 10 atom stereocenters. The van der Waals surface area contributed by atoms with Crippen molar-refractivity contribution >= 4 is 5.97 Å². The third kappa shape index (κ3) is 2.19. The van der Waals surface area contributed by atoms with E-state index >= 15 is 0 Å². The molecule has 6 fully saturated rings. The Balaban J connectivity index is 1.41. The molecule has 32 heavy (non-hydrogen) atoms.